The quantitative estimate of drug-likeness (QED) is 0.573. The Morgan fingerprint density at radius 3 is 2.54 bits per heavy atom. The highest BCUT2D eigenvalue weighted by atomic mass is 79.9. The van der Waals surface area contributed by atoms with Crippen LogP contribution in [0.3, 0.4) is 0 Å². The second-order valence-electron chi connectivity index (χ2n) is 5.58. The zero-order chi connectivity index (χ0) is 17.9. The smallest absolute Gasteiger partial charge is 0.389 e. The molecule has 1 aromatic carbocycles. The molecule has 1 saturated heterocycles. The molecule has 0 amide bonds. The van der Waals surface area contributed by atoms with E-state index in [0.717, 1.165) is 6.07 Å². The topological polar surface area (TPSA) is 78.6 Å². The van der Waals surface area contributed by atoms with Gasteiger partial charge in [-0.3, -0.25) is 15.0 Å². The van der Waals surface area contributed by atoms with E-state index < -0.39 is 35.0 Å². The summed E-state index contributed by atoms with van der Waals surface area (Å²) < 4.78 is 38.4. The second-order valence-corrected chi connectivity index (χ2v) is 6.49. The normalized spacial score (nSPS) is 17.7. The van der Waals surface area contributed by atoms with Gasteiger partial charge < -0.3 is 10.4 Å². The summed E-state index contributed by atoms with van der Waals surface area (Å²) in [4.78, 5) is 12.1. The van der Waals surface area contributed by atoms with Gasteiger partial charge in [0.15, 0.2) is 5.75 Å². The Morgan fingerprint density at radius 1 is 1.38 bits per heavy atom. The van der Waals surface area contributed by atoms with Crippen LogP contribution >= 0.6 is 15.9 Å². The number of benzene rings is 1. The monoisotopic (exact) mass is 411 g/mol. The number of rotatable bonds is 5. The first-order valence-electron chi connectivity index (χ1n) is 7.37. The largest absolute Gasteiger partial charge is 0.502 e. The third kappa shape index (κ3) is 4.81. The molecule has 2 N–H and O–H groups in total. The van der Waals surface area contributed by atoms with E-state index in [9.17, 15) is 28.4 Å². The number of piperazine rings is 1. The molecular formula is C14H17BrF3N3O3. The first kappa shape index (κ1) is 18.9. The fourth-order valence-electron chi connectivity index (χ4n) is 2.83. The van der Waals surface area contributed by atoms with Crippen molar-refractivity contribution in [3.8, 4) is 5.75 Å². The molecule has 0 spiro atoms. The molecule has 1 heterocycles. The summed E-state index contributed by atoms with van der Waals surface area (Å²) in [5, 5.41) is 24.4. The van der Waals surface area contributed by atoms with Crippen molar-refractivity contribution in [3.05, 3.63) is 32.3 Å². The number of phenolic OH excluding ortho intramolecular Hbond substituents is 1. The summed E-state index contributed by atoms with van der Waals surface area (Å²) in [6.07, 6.45) is -5.63. The first-order chi connectivity index (χ1) is 11.2. The molecule has 0 aromatic heterocycles. The van der Waals surface area contributed by atoms with Crippen molar-refractivity contribution in [1.29, 1.82) is 0 Å². The lowest BCUT2D eigenvalue weighted by molar-refractivity contribution is -0.386. The SMILES string of the molecule is O=[N+]([O-])c1cc(Br)cc([C@H](CCC(F)(F)F)N2CCNCC2)c1O. The minimum Gasteiger partial charge on any atom is -0.502 e. The molecule has 1 fully saturated rings. The van der Waals surface area contributed by atoms with Crippen LogP contribution in [-0.4, -0.2) is 47.3 Å². The molecule has 24 heavy (non-hydrogen) atoms. The summed E-state index contributed by atoms with van der Waals surface area (Å²) in [6.45, 7) is 2.23. The molecular weight excluding hydrogens is 395 g/mol. The van der Waals surface area contributed by atoms with Crippen molar-refractivity contribution >= 4 is 21.6 Å². The lowest BCUT2D eigenvalue weighted by Crippen LogP contribution is -2.45. The predicted octanol–water partition coefficient (Wildman–Crippen LogP) is 3.35. The van der Waals surface area contributed by atoms with E-state index in [0.29, 0.717) is 30.7 Å². The molecule has 1 atom stereocenters. The molecule has 1 aliphatic rings. The molecule has 0 radical (unpaired) electrons. The van der Waals surface area contributed by atoms with E-state index in [1.807, 2.05) is 4.90 Å². The summed E-state index contributed by atoms with van der Waals surface area (Å²) in [5.41, 5.74) is -0.381. The van der Waals surface area contributed by atoms with E-state index in [1.165, 1.54) is 6.07 Å². The highest BCUT2D eigenvalue weighted by molar-refractivity contribution is 9.10. The Morgan fingerprint density at radius 2 is 2.00 bits per heavy atom. The Kier molecular flexibility index (Phi) is 6.05. The zero-order valence-electron chi connectivity index (χ0n) is 12.6. The average molecular weight is 412 g/mol. The molecule has 1 aliphatic heterocycles. The average Bonchev–Trinajstić information content (AvgIpc) is 2.50. The maximum absolute atomic E-state index is 12.7. The van der Waals surface area contributed by atoms with E-state index in [2.05, 4.69) is 21.2 Å². The van der Waals surface area contributed by atoms with Crippen molar-refractivity contribution in [2.24, 2.45) is 0 Å². The molecule has 2 rings (SSSR count). The van der Waals surface area contributed by atoms with Crippen molar-refractivity contribution in [2.75, 3.05) is 26.2 Å². The lowest BCUT2D eigenvalue weighted by Gasteiger charge is -2.35. The minimum atomic E-state index is -4.33. The van der Waals surface area contributed by atoms with Gasteiger partial charge in [0.2, 0.25) is 0 Å². The fourth-order valence-corrected chi connectivity index (χ4v) is 3.29. The number of hydrogen-bond donors (Lipinski definition) is 2. The number of halogens is 4. The summed E-state index contributed by atoms with van der Waals surface area (Å²) in [6, 6.07) is 1.84. The van der Waals surface area contributed by atoms with Gasteiger partial charge in [-0.1, -0.05) is 15.9 Å². The van der Waals surface area contributed by atoms with Gasteiger partial charge >= 0.3 is 11.9 Å². The zero-order valence-corrected chi connectivity index (χ0v) is 14.2. The Balaban J connectivity index is 2.40. The molecule has 134 valence electrons. The van der Waals surface area contributed by atoms with Gasteiger partial charge in [-0.05, 0) is 12.5 Å². The lowest BCUT2D eigenvalue weighted by atomic mass is 9.97. The van der Waals surface area contributed by atoms with Gasteiger partial charge in [0.05, 0.1) is 4.92 Å². The molecule has 10 heteroatoms. The molecule has 0 saturated carbocycles. The Labute approximate surface area is 144 Å². The maximum atomic E-state index is 12.7. The number of hydrogen-bond acceptors (Lipinski definition) is 5. The van der Waals surface area contributed by atoms with Gasteiger partial charge in [0, 0.05) is 54.7 Å². The van der Waals surface area contributed by atoms with Crippen LogP contribution in [0.15, 0.2) is 16.6 Å². The Bertz CT molecular complexity index is 607. The van der Waals surface area contributed by atoms with E-state index in [-0.39, 0.29) is 12.0 Å². The molecule has 0 aliphatic carbocycles. The Hall–Kier alpha value is -1.39. The van der Waals surface area contributed by atoms with Crippen molar-refractivity contribution in [2.45, 2.75) is 25.1 Å². The molecule has 6 nitrogen and oxygen atoms in total. The van der Waals surface area contributed by atoms with Crippen LogP contribution in [0.5, 0.6) is 5.75 Å². The number of nitrogens with one attached hydrogen (secondary N) is 1. The number of alkyl halides is 3. The van der Waals surface area contributed by atoms with Gasteiger partial charge in [-0.25, -0.2) is 0 Å². The molecule has 1 aromatic rings. The van der Waals surface area contributed by atoms with Crippen LogP contribution < -0.4 is 5.32 Å². The third-order valence-corrected chi connectivity index (χ3v) is 4.39. The van der Waals surface area contributed by atoms with Crippen LogP contribution in [0, 0.1) is 10.1 Å². The molecule has 0 bridgehead atoms. The van der Waals surface area contributed by atoms with Crippen molar-refractivity contribution in [1.82, 2.24) is 10.2 Å². The van der Waals surface area contributed by atoms with Crippen molar-refractivity contribution in [3.63, 3.8) is 0 Å². The summed E-state index contributed by atoms with van der Waals surface area (Å²) in [5.74, 6) is -0.575. The standard InChI is InChI=1S/C14H17BrF3N3O3/c15-9-7-10(13(22)12(8-9)21(23)24)11(1-2-14(16,17)18)20-5-3-19-4-6-20/h7-8,11,19,22H,1-6H2/t11-/m0/s1. The van der Waals surface area contributed by atoms with Gasteiger partial charge in [0.25, 0.3) is 0 Å². The van der Waals surface area contributed by atoms with Crippen LogP contribution in [0.2, 0.25) is 0 Å². The number of nitro benzene ring substituents is 1. The van der Waals surface area contributed by atoms with Gasteiger partial charge in [0.1, 0.15) is 0 Å². The fraction of sp³-hybridized carbons (Fsp3) is 0.571. The predicted molar refractivity (Wildman–Crippen MR) is 84.9 cm³/mol. The highest BCUT2D eigenvalue weighted by Crippen LogP contribution is 2.41. The number of nitrogens with zero attached hydrogens (tertiary/aromatic N) is 2. The van der Waals surface area contributed by atoms with Crippen molar-refractivity contribution < 1.29 is 23.2 Å². The van der Waals surface area contributed by atoms with Gasteiger partial charge in [-0.15, -0.1) is 0 Å². The van der Waals surface area contributed by atoms with E-state index >= 15 is 0 Å². The number of nitro groups is 1. The highest BCUT2D eigenvalue weighted by Gasteiger charge is 2.34. The van der Waals surface area contributed by atoms with Crippen LogP contribution in [0.25, 0.3) is 0 Å². The summed E-state index contributed by atoms with van der Waals surface area (Å²) in [7, 11) is 0. The van der Waals surface area contributed by atoms with Crippen LogP contribution in [0.1, 0.15) is 24.4 Å². The first-order valence-corrected chi connectivity index (χ1v) is 8.16. The molecule has 0 unspecified atom stereocenters. The third-order valence-electron chi connectivity index (χ3n) is 3.93. The van der Waals surface area contributed by atoms with Gasteiger partial charge in [-0.2, -0.15) is 13.2 Å². The maximum Gasteiger partial charge on any atom is 0.389 e. The van der Waals surface area contributed by atoms with E-state index in [4.69, 9.17) is 0 Å². The van der Waals surface area contributed by atoms with Crippen LogP contribution in [-0.2, 0) is 0 Å². The van der Waals surface area contributed by atoms with E-state index in [1.54, 1.807) is 0 Å². The minimum absolute atomic E-state index is 0.141. The number of phenols is 1. The summed E-state index contributed by atoms with van der Waals surface area (Å²) >= 11 is 3.13. The second kappa shape index (κ2) is 7.66. The number of aromatic hydroxyl groups is 1. The van der Waals surface area contributed by atoms with Crippen LogP contribution in [0.4, 0.5) is 18.9 Å².